The zero-order chi connectivity index (χ0) is 13.7. The minimum Gasteiger partial charge on any atom is -0.391 e. The number of hydrogen-bond donors (Lipinski definition) is 2. The second kappa shape index (κ2) is 6.21. The first kappa shape index (κ1) is 13.4. The van der Waals surface area contributed by atoms with Gasteiger partial charge in [-0.3, -0.25) is 4.79 Å². The van der Waals surface area contributed by atoms with Gasteiger partial charge < -0.3 is 15.3 Å². The molecule has 1 heterocycles. The van der Waals surface area contributed by atoms with Gasteiger partial charge >= 0.3 is 0 Å². The molecule has 5 nitrogen and oxygen atoms in total. The molecular formula is C14H17N3O2. The number of aliphatic hydroxyl groups excluding tert-OH is 1. The molecule has 1 aliphatic heterocycles. The number of nitrogens with zero attached hydrogens (tertiary/aromatic N) is 2. The van der Waals surface area contributed by atoms with Crippen LogP contribution in [0.5, 0.6) is 0 Å². The van der Waals surface area contributed by atoms with Gasteiger partial charge in [-0.25, -0.2) is 0 Å². The molecule has 1 aromatic carbocycles. The molecule has 1 fully saturated rings. The van der Waals surface area contributed by atoms with Crippen LogP contribution in [0.4, 0.5) is 5.69 Å². The molecule has 0 spiro atoms. The Morgan fingerprint density at radius 2 is 2.21 bits per heavy atom. The van der Waals surface area contributed by atoms with Crippen molar-refractivity contribution in [1.82, 2.24) is 4.90 Å². The van der Waals surface area contributed by atoms with Gasteiger partial charge in [-0.1, -0.05) is 0 Å². The standard InChI is InChI=1S/C14H17N3O2/c15-8-11-3-5-12(6-4-11)16-9-14(19)17-7-1-2-13(18)10-17/h3-6,13,16,18H,1-2,7,9-10H2. The topological polar surface area (TPSA) is 76.4 Å². The third kappa shape index (κ3) is 3.70. The Morgan fingerprint density at radius 3 is 2.84 bits per heavy atom. The van der Waals surface area contributed by atoms with Crippen LogP contribution in [0, 0.1) is 11.3 Å². The number of likely N-dealkylation sites (tertiary alicyclic amines) is 1. The first-order chi connectivity index (χ1) is 9.19. The van der Waals surface area contributed by atoms with Crippen molar-refractivity contribution < 1.29 is 9.90 Å². The summed E-state index contributed by atoms with van der Waals surface area (Å²) >= 11 is 0. The SMILES string of the molecule is N#Cc1ccc(NCC(=O)N2CCCC(O)C2)cc1. The number of aliphatic hydroxyl groups is 1. The van der Waals surface area contributed by atoms with Crippen molar-refractivity contribution in [1.29, 1.82) is 5.26 Å². The van der Waals surface area contributed by atoms with E-state index in [0.29, 0.717) is 18.7 Å². The second-order valence-electron chi connectivity index (χ2n) is 4.68. The predicted molar refractivity (Wildman–Crippen MR) is 71.5 cm³/mol. The van der Waals surface area contributed by atoms with Gasteiger partial charge in [-0.2, -0.15) is 5.26 Å². The Bertz CT molecular complexity index is 478. The fraction of sp³-hybridized carbons (Fsp3) is 0.429. The van der Waals surface area contributed by atoms with Crippen molar-refractivity contribution in [3.05, 3.63) is 29.8 Å². The largest absolute Gasteiger partial charge is 0.391 e. The summed E-state index contributed by atoms with van der Waals surface area (Å²) in [6.45, 7) is 1.34. The number of benzene rings is 1. The van der Waals surface area contributed by atoms with Crippen LogP contribution in [0.2, 0.25) is 0 Å². The minimum atomic E-state index is -0.396. The molecule has 1 aliphatic rings. The fourth-order valence-electron chi connectivity index (χ4n) is 2.13. The lowest BCUT2D eigenvalue weighted by molar-refractivity contribution is -0.132. The number of β-amino-alcohol motifs (C(OH)–C–C–N with tert-alkyl or cyclic N) is 1. The van der Waals surface area contributed by atoms with Crippen LogP contribution in [0.1, 0.15) is 18.4 Å². The fourth-order valence-corrected chi connectivity index (χ4v) is 2.13. The van der Waals surface area contributed by atoms with E-state index in [1.165, 1.54) is 0 Å². The first-order valence-electron chi connectivity index (χ1n) is 6.39. The van der Waals surface area contributed by atoms with Crippen LogP contribution in [0.3, 0.4) is 0 Å². The molecule has 100 valence electrons. The van der Waals surface area contributed by atoms with Crippen molar-refractivity contribution in [2.75, 3.05) is 25.0 Å². The van der Waals surface area contributed by atoms with Gasteiger partial charge in [0.15, 0.2) is 0 Å². The number of carbonyl (C=O) groups excluding carboxylic acids is 1. The third-order valence-electron chi connectivity index (χ3n) is 3.21. The summed E-state index contributed by atoms with van der Waals surface area (Å²) < 4.78 is 0. The highest BCUT2D eigenvalue weighted by Crippen LogP contribution is 2.11. The number of amides is 1. The number of carbonyl (C=O) groups is 1. The Labute approximate surface area is 112 Å². The van der Waals surface area contributed by atoms with E-state index in [1.54, 1.807) is 29.2 Å². The molecule has 1 amide bonds. The third-order valence-corrected chi connectivity index (χ3v) is 3.21. The number of hydrogen-bond acceptors (Lipinski definition) is 4. The van der Waals surface area contributed by atoms with E-state index in [2.05, 4.69) is 5.32 Å². The Hall–Kier alpha value is -2.06. The molecule has 0 aliphatic carbocycles. The van der Waals surface area contributed by atoms with Crippen molar-refractivity contribution in [3.63, 3.8) is 0 Å². The van der Waals surface area contributed by atoms with Gasteiger partial charge in [0, 0.05) is 18.8 Å². The van der Waals surface area contributed by atoms with Crippen LogP contribution in [-0.4, -0.2) is 41.7 Å². The van der Waals surface area contributed by atoms with Crippen LogP contribution in [0.15, 0.2) is 24.3 Å². The molecule has 0 saturated carbocycles. The average Bonchev–Trinajstić information content (AvgIpc) is 2.45. The van der Waals surface area contributed by atoms with Crippen molar-refractivity contribution >= 4 is 11.6 Å². The maximum atomic E-state index is 11.9. The zero-order valence-electron chi connectivity index (χ0n) is 10.7. The summed E-state index contributed by atoms with van der Waals surface area (Å²) in [6.07, 6.45) is 1.23. The van der Waals surface area contributed by atoms with Crippen molar-refractivity contribution in [3.8, 4) is 6.07 Å². The van der Waals surface area contributed by atoms with Crippen LogP contribution in [-0.2, 0) is 4.79 Å². The van der Waals surface area contributed by atoms with Gasteiger partial charge in [0.1, 0.15) is 0 Å². The highest BCUT2D eigenvalue weighted by molar-refractivity contribution is 5.81. The normalized spacial score (nSPS) is 18.7. The van der Waals surface area contributed by atoms with Gasteiger partial charge in [0.25, 0.3) is 0 Å². The molecule has 0 aromatic heterocycles. The molecule has 1 saturated heterocycles. The van der Waals surface area contributed by atoms with Crippen LogP contribution < -0.4 is 5.32 Å². The minimum absolute atomic E-state index is 0.0110. The van der Waals surface area contributed by atoms with Gasteiger partial charge in [0.05, 0.1) is 24.3 Å². The summed E-state index contributed by atoms with van der Waals surface area (Å²) in [7, 11) is 0. The van der Waals surface area contributed by atoms with E-state index >= 15 is 0 Å². The van der Waals surface area contributed by atoms with E-state index in [9.17, 15) is 9.90 Å². The number of rotatable bonds is 3. The molecule has 5 heteroatoms. The lowest BCUT2D eigenvalue weighted by atomic mass is 10.1. The molecule has 0 bridgehead atoms. The van der Waals surface area contributed by atoms with Gasteiger partial charge in [-0.05, 0) is 37.1 Å². The molecule has 2 N–H and O–H groups in total. The summed E-state index contributed by atoms with van der Waals surface area (Å²) in [5.74, 6) is -0.0110. The van der Waals surface area contributed by atoms with Crippen LogP contribution >= 0.6 is 0 Å². The first-order valence-corrected chi connectivity index (χ1v) is 6.39. The maximum Gasteiger partial charge on any atom is 0.241 e. The maximum absolute atomic E-state index is 11.9. The smallest absolute Gasteiger partial charge is 0.241 e. The number of nitriles is 1. The molecule has 0 radical (unpaired) electrons. The Kier molecular flexibility index (Phi) is 4.37. The summed E-state index contributed by atoms with van der Waals surface area (Å²) in [6, 6.07) is 9.01. The number of nitrogens with one attached hydrogen (secondary N) is 1. The van der Waals surface area contributed by atoms with Crippen molar-refractivity contribution in [2.24, 2.45) is 0 Å². The highest BCUT2D eigenvalue weighted by Gasteiger charge is 2.21. The lowest BCUT2D eigenvalue weighted by Crippen LogP contribution is -2.44. The van der Waals surface area contributed by atoms with Gasteiger partial charge in [0.2, 0.25) is 5.91 Å². The summed E-state index contributed by atoms with van der Waals surface area (Å²) in [4.78, 5) is 13.6. The van der Waals surface area contributed by atoms with E-state index in [4.69, 9.17) is 5.26 Å². The summed E-state index contributed by atoms with van der Waals surface area (Å²) in [5.41, 5.74) is 1.40. The van der Waals surface area contributed by atoms with E-state index in [1.807, 2.05) is 6.07 Å². The van der Waals surface area contributed by atoms with E-state index in [-0.39, 0.29) is 12.5 Å². The second-order valence-corrected chi connectivity index (χ2v) is 4.68. The van der Waals surface area contributed by atoms with E-state index < -0.39 is 6.10 Å². The quantitative estimate of drug-likeness (QED) is 0.847. The molecule has 19 heavy (non-hydrogen) atoms. The van der Waals surface area contributed by atoms with Crippen LogP contribution in [0.25, 0.3) is 0 Å². The predicted octanol–water partition coefficient (Wildman–Crippen LogP) is 0.953. The lowest BCUT2D eigenvalue weighted by Gasteiger charge is -2.30. The monoisotopic (exact) mass is 259 g/mol. The van der Waals surface area contributed by atoms with Crippen molar-refractivity contribution in [2.45, 2.75) is 18.9 Å². The molecule has 2 rings (SSSR count). The Balaban J connectivity index is 1.84. The average molecular weight is 259 g/mol. The molecule has 1 aromatic rings. The van der Waals surface area contributed by atoms with E-state index in [0.717, 1.165) is 18.5 Å². The summed E-state index contributed by atoms with van der Waals surface area (Å²) in [5, 5.41) is 21.2. The van der Waals surface area contributed by atoms with Gasteiger partial charge in [-0.15, -0.1) is 0 Å². The zero-order valence-corrected chi connectivity index (χ0v) is 10.7. The number of piperidine rings is 1. The highest BCUT2D eigenvalue weighted by atomic mass is 16.3. The molecule has 1 atom stereocenters. The molecule has 1 unspecified atom stereocenters. The Morgan fingerprint density at radius 1 is 1.47 bits per heavy atom. The molecular weight excluding hydrogens is 242 g/mol. The number of anilines is 1.